The molecule has 1 aromatic heterocycles. The molecule has 1 atom stereocenters. The Labute approximate surface area is 168 Å². The van der Waals surface area contributed by atoms with E-state index < -0.39 is 0 Å². The first kappa shape index (κ1) is 20.6. The molecule has 0 N–H and O–H groups in total. The summed E-state index contributed by atoms with van der Waals surface area (Å²) in [5.74, 6) is 0.840. The molecule has 0 radical (unpaired) electrons. The minimum Gasteiger partial charge on any atom is -0.347 e. The highest BCUT2D eigenvalue weighted by molar-refractivity contribution is 5.95. The number of anilines is 1. The van der Waals surface area contributed by atoms with Crippen LogP contribution in [0.1, 0.15) is 67.4 Å². The minimum atomic E-state index is -0.226. The summed E-state index contributed by atoms with van der Waals surface area (Å²) < 4.78 is 0. The molecule has 1 unspecified atom stereocenters. The van der Waals surface area contributed by atoms with Gasteiger partial charge in [0.2, 0.25) is 11.9 Å². The topological polar surface area (TPSA) is 69.6 Å². The van der Waals surface area contributed by atoms with Gasteiger partial charge in [-0.2, -0.15) is 0 Å². The Morgan fingerprint density at radius 3 is 2.43 bits per heavy atom. The maximum atomic E-state index is 13.2. The van der Waals surface area contributed by atoms with Gasteiger partial charge < -0.3 is 14.7 Å². The molecule has 2 aliphatic rings. The van der Waals surface area contributed by atoms with E-state index in [-0.39, 0.29) is 23.1 Å². The van der Waals surface area contributed by atoms with Crippen LogP contribution >= 0.6 is 0 Å². The second kappa shape index (κ2) is 8.05. The molecule has 0 bridgehead atoms. The molecule has 3 rings (SSSR count). The highest BCUT2D eigenvalue weighted by Crippen LogP contribution is 2.39. The van der Waals surface area contributed by atoms with E-state index in [9.17, 15) is 9.59 Å². The number of hydrogen-bond donors (Lipinski definition) is 0. The van der Waals surface area contributed by atoms with Crippen LogP contribution in [-0.4, -0.2) is 72.9 Å². The van der Waals surface area contributed by atoms with Crippen molar-refractivity contribution < 1.29 is 9.59 Å². The first-order valence-electron chi connectivity index (χ1n) is 10.3. The van der Waals surface area contributed by atoms with Gasteiger partial charge in [-0.15, -0.1) is 0 Å². The molecule has 2 amide bonds. The van der Waals surface area contributed by atoms with Crippen LogP contribution < -0.4 is 4.90 Å². The van der Waals surface area contributed by atoms with Crippen molar-refractivity contribution in [2.75, 3.05) is 46.2 Å². The standard InChI is InChI=1S/C21H33N5O2/c1-21(10-7-6-8-11-21)19(28)26-12-9-15(14-26)17-16(18(27)24(2)3)13-22-20(23-17)25(4)5/h13,15H,6-12,14H2,1-5H3. The van der Waals surface area contributed by atoms with Crippen LogP contribution in [0.4, 0.5) is 5.95 Å². The third-order valence-corrected chi connectivity index (χ3v) is 6.18. The van der Waals surface area contributed by atoms with Crippen LogP contribution in [0.3, 0.4) is 0 Å². The predicted octanol–water partition coefficient (Wildman–Crippen LogP) is 2.53. The quantitative estimate of drug-likeness (QED) is 0.794. The van der Waals surface area contributed by atoms with Gasteiger partial charge in [-0.1, -0.05) is 26.2 Å². The average molecular weight is 388 g/mol. The number of likely N-dealkylation sites (tertiary alicyclic amines) is 1. The van der Waals surface area contributed by atoms with Crippen LogP contribution in [0.15, 0.2) is 6.20 Å². The second-order valence-corrected chi connectivity index (χ2v) is 8.92. The van der Waals surface area contributed by atoms with E-state index in [2.05, 4.69) is 11.9 Å². The van der Waals surface area contributed by atoms with E-state index in [0.717, 1.165) is 44.3 Å². The summed E-state index contributed by atoms with van der Waals surface area (Å²) in [5.41, 5.74) is 1.08. The Morgan fingerprint density at radius 2 is 1.82 bits per heavy atom. The molecule has 2 fully saturated rings. The molecule has 1 saturated heterocycles. The third kappa shape index (κ3) is 3.98. The molecule has 0 aromatic carbocycles. The summed E-state index contributed by atoms with van der Waals surface area (Å²) in [5, 5.41) is 0. The molecule has 7 nitrogen and oxygen atoms in total. The maximum absolute atomic E-state index is 13.2. The zero-order valence-electron chi connectivity index (χ0n) is 17.9. The monoisotopic (exact) mass is 387 g/mol. The first-order valence-corrected chi connectivity index (χ1v) is 10.3. The van der Waals surface area contributed by atoms with Crippen LogP contribution in [0.5, 0.6) is 0 Å². The van der Waals surface area contributed by atoms with Gasteiger partial charge in [-0.25, -0.2) is 9.97 Å². The Bertz CT molecular complexity index is 740. The lowest BCUT2D eigenvalue weighted by Gasteiger charge is -2.35. The number of carbonyl (C=O) groups is 2. The van der Waals surface area contributed by atoms with Crippen molar-refractivity contribution in [3.63, 3.8) is 0 Å². The first-order chi connectivity index (χ1) is 13.2. The molecule has 1 saturated carbocycles. The van der Waals surface area contributed by atoms with Crippen LogP contribution in [0.25, 0.3) is 0 Å². The van der Waals surface area contributed by atoms with Crippen molar-refractivity contribution >= 4 is 17.8 Å². The molecule has 7 heteroatoms. The smallest absolute Gasteiger partial charge is 0.256 e. The fraction of sp³-hybridized carbons (Fsp3) is 0.714. The van der Waals surface area contributed by atoms with Gasteiger partial charge in [0.25, 0.3) is 5.91 Å². The highest BCUT2D eigenvalue weighted by atomic mass is 16.2. The SMILES string of the molecule is CN(C)C(=O)c1cnc(N(C)C)nc1C1CCN(C(=O)C2(C)CCCCC2)C1. The van der Waals surface area contributed by atoms with Gasteiger partial charge in [0.1, 0.15) is 0 Å². The molecule has 1 aromatic rings. The van der Waals surface area contributed by atoms with Crippen LogP contribution in [0.2, 0.25) is 0 Å². The number of amides is 2. The van der Waals surface area contributed by atoms with Crippen LogP contribution in [0, 0.1) is 5.41 Å². The van der Waals surface area contributed by atoms with Gasteiger partial charge in [0.05, 0.1) is 11.3 Å². The molecule has 0 spiro atoms. The van der Waals surface area contributed by atoms with Crippen molar-refractivity contribution in [2.45, 2.75) is 51.4 Å². The fourth-order valence-corrected chi connectivity index (χ4v) is 4.41. The molecule has 2 heterocycles. The van der Waals surface area contributed by atoms with Crippen molar-refractivity contribution in [2.24, 2.45) is 5.41 Å². The average Bonchev–Trinajstić information content (AvgIpc) is 3.16. The lowest BCUT2D eigenvalue weighted by molar-refractivity contribution is -0.142. The minimum absolute atomic E-state index is 0.0664. The number of nitrogens with zero attached hydrogens (tertiary/aromatic N) is 5. The molecular weight excluding hydrogens is 354 g/mol. The summed E-state index contributed by atoms with van der Waals surface area (Å²) >= 11 is 0. The molecule has 1 aliphatic carbocycles. The maximum Gasteiger partial charge on any atom is 0.256 e. The number of hydrogen-bond acceptors (Lipinski definition) is 5. The van der Waals surface area contributed by atoms with Crippen molar-refractivity contribution in [1.29, 1.82) is 0 Å². The van der Waals surface area contributed by atoms with E-state index in [1.165, 1.54) is 6.42 Å². The third-order valence-electron chi connectivity index (χ3n) is 6.18. The molecular formula is C21H33N5O2. The van der Waals surface area contributed by atoms with Crippen molar-refractivity contribution in [3.05, 3.63) is 17.5 Å². The van der Waals surface area contributed by atoms with Crippen LogP contribution in [-0.2, 0) is 4.79 Å². The predicted molar refractivity (Wildman–Crippen MR) is 110 cm³/mol. The lowest BCUT2D eigenvalue weighted by atomic mass is 9.74. The number of rotatable bonds is 4. The van der Waals surface area contributed by atoms with E-state index in [1.54, 1.807) is 25.2 Å². The highest BCUT2D eigenvalue weighted by Gasteiger charge is 2.41. The summed E-state index contributed by atoms with van der Waals surface area (Å²) in [7, 11) is 7.25. The Hall–Kier alpha value is -2.18. The zero-order valence-corrected chi connectivity index (χ0v) is 17.9. The Kier molecular flexibility index (Phi) is 5.91. The normalized spacial score (nSPS) is 21.5. The van der Waals surface area contributed by atoms with Gasteiger partial charge in [0, 0.05) is 58.8 Å². The number of aromatic nitrogens is 2. The summed E-state index contributed by atoms with van der Waals surface area (Å²) in [6.07, 6.45) is 7.94. The van der Waals surface area contributed by atoms with Crippen molar-refractivity contribution in [1.82, 2.24) is 19.8 Å². The van der Waals surface area contributed by atoms with E-state index in [1.807, 2.05) is 23.9 Å². The molecule has 28 heavy (non-hydrogen) atoms. The zero-order chi connectivity index (χ0) is 20.5. The fourth-order valence-electron chi connectivity index (χ4n) is 4.41. The second-order valence-electron chi connectivity index (χ2n) is 8.92. The number of carbonyl (C=O) groups excluding carboxylic acids is 2. The van der Waals surface area contributed by atoms with E-state index in [0.29, 0.717) is 18.1 Å². The van der Waals surface area contributed by atoms with Gasteiger partial charge in [-0.05, 0) is 19.3 Å². The Morgan fingerprint density at radius 1 is 1.14 bits per heavy atom. The molecule has 154 valence electrons. The summed E-state index contributed by atoms with van der Waals surface area (Å²) in [4.78, 5) is 40.3. The van der Waals surface area contributed by atoms with E-state index in [4.69, 9.17) is 4.98 Å². The van der Waals surface area contributed by atoms with Gasteiger partial charge in [0.15, 0.2) is 0 Å². The largest absolute Gasteiger partial charge is 0.347 e. The van der Waals surface area contributed by atoms with Crippen molar-refractivity contribution in [3.8, 4) is 0 Å². The Balaban J connectivity index is 1.84. The summed E-state index contributed by atoms with van der Waals surface area (Å²) in [6.45, 7) is 3.49. The van der Waals surface area contributed by atoms with Gasteiger partial charge in [-0.3, -0.25) is 9.59 Å². The van der Waals surface area contributed by atoms with Gasteiger partial charge >= 0.3 is 0 Å². The summed E-state index contributed by atoms with van der Waals surface area (Å²) in [6, 6.07) is 0. The molecule has 1 aliphatic heterocycles. The van der Waals surface area contributed by atoms with E-state index >= 15 is 0 Å². The lowest BCUT2D eigenvalue weighted by Crippen LogP contribution is -2.42.